The summed E-state index contributed by atoms with van der Waals surface area (Å²) in [4.78, 5) is 23.8. The average molecular weight is 821 g/mol. The molecule has 4 aromatic carbocycles. The molecule has 17 heteroatoms. The minimum absolute atomic E-state index is 0.0174. The molecular weight excluding hydrogens is 786 g/mol. The Kier molecular flexibility index (Phi) is 16.7. The summed E-state index contributed by atoms with van der Waals surface area (Å²) in [5.74, 6) is -0.682. The van der Waals surface area contributed by atoms with Crippen LogP contribution in [0.3, 0.4) is 0 Å². The highest BCUT2D eigenvalue weighted by atomic mass is 35.5. The number of amides is 2. The number of thiocarbonyl (C=S) groups is 2. The Balaban J connectivity index is 0.000000305. The number of carbonyl (C=O) groups excluding carboxylic acids is 2. The molecule has 0 aliphatic heterocycles. The van der Waals surface area contributed by atoms with Gasteiger partial charge in [0.2, 0.25) is 11.8 Å². The van der Waals surface area contributed by atoms with Gasteiger partial charge in [-0.1, -0.05) is 72.3 Å². The second-order valence-electron chi connectivity index (χ2n) is 11.4. The molecule has 2 unspecified atom stereocenters. The van der Waals surface area contributed by atoms with Crippen LogP contribution >= 0.6 is 36.0 Å². The lowest BCUT2D eigenvalue weighted by Crippen LogP contribution is -2.46. The number of halogens is 7. The van der Waals surface area contributed by atoms with Gasteiger partial charge in [0, 0.05) is 28.5 Å². The number of hydrogen-bond donors (Lipinski definition) is 6. The van der Waals surface area contributed by atoms with E-state index in [9.17, 15) is 35.9 Å². The summed E-state index contributed by atoms with van der Waals surface area (Å²) in [5, 5.41) is 17.0. The zero-order chi connectivity index (χ0) is 40.6. The van der Waals surface area contributed by atoms with Crippen LogP contribution in [-0.4, -0.2) is 34.4 Å². The number of rotatable bonds is 10. The molecule has 2 atom stereocenters. The predicted molar refractivity (Wildman–Crippen MR) is 213 cm³/mol. The van der Waals surface area contributed by atoms with E-state index in [1.807, 2.05) is 55.5 Å². The number of anilines is 2. The first-order valence-electron chi connectivity index (χ1n) is 16.1. The Bertz CT molecular complexity index is 1930. The van der Waals surface area contributed by atoms with Gasteiger partial charge >= 0.3 is 12.4 Å². The molecule has 0 spiro atoms. The minimum atomic E-state index is -4.97. The fourth-order valence-corrected chi connectivity index (χ4v) is 5.07. The zero-order valence-corrected chi connectivity index (χ0v) is 31.4. The van der Waals surface area contributed by atoms with E-state index in [-0.39, 0.29) is 23.3 Å². The second-order valence-corrected chi connectivity index (χ2v) is 12.7. The van der Waals surface area contributed by atoms with Gasteiger partial charge < -0.3 is 31.9 Å². The summed E-state index contributed by atoms with van der Waals surface area (Å²) in [7, 11) is 0. The molecular formula is C38H35ClF6N6O2S2. The fraction of sp³-hybridized carbons (Fsp3) is 0.158. The van der Waals surface area contributed by atoms with Gasteiger partial charge in [0.1, 0.15) is 0 Å². The maximum Gasteiger partial charge on any atom is 0.416 e. The van der Waals surface area contributed by atoms with Gasteiger partial charge in [-0.3, -0.25) is 9.59 Å². The molecule has 55 heavy (non-hydrogen) atoms. The van der Waals surface area contributed by atoms with Crippen molar-refractivity contribution in [2.24, 2.45) is 0 Å². The van der Waals surface area contributed by atoms with Crippen molar-refractivity contribution in [3.05, 3.63) is 143 Å². The standard InChI is InChI=1S/C20H17F6N3OS.C18H18ClN3OS/c1-12(27-17(30)8-7-13-5-3-2-4-6-13)28-18(31)29-16-10-14(19(21,22)23)9-15(11-16)20(24,25)26;1-13(20-17(23)12-7-14-5-3-2-4-6-14)21-18(24)22-16-10-8-15(19)9-11-16/h2-12H,1H3,(H,27,30)(H2,28,29,31);2-13H,1H3,(H,20,23)(H2,21,22,24)/b8-7+;12-7+. The Labute approximate surface area is 329 Å². The van der Waals surface area contributed by atoms with Gasteiger partial charge in [-0.2, -0.15) is 26.3 Å². The lowest BCUT2D eigenvalue weighted by Gasteiger charge is -2.19. The molecule has 4 aromatic rings. The van der Waals surface area contributed by atoms with Gasteiger partial charge in [-0.25, -0.2) is 0 Å². The molecule has 0 saturated carbocycles. The van der Waals surface area contributed by atoms with Crippen LogP contribution in [0.4, 0.5) is 37.7 Å². The number of carbonyl (C=O) groups is 2. The molecule has 0 aromatic heterocycles. The molecule has 0 aliphatic rings. The third-order valence-corrected chi connectivity index (χ3v) is 7.51. The summed E-state index contributed by atoms with van der Waals surface area (Å²) in [6.07, 6.45) is -4.94. The van der Waals surface area contributed by atoms with Crippen LogP contribution in [0, 0.1) is 0 Å². The van der Waals surface area contributed by atoms with Crippen LogP contribution in [0.5, 0.6) is 0 Å². The predicted octanol–water partition coefficient (Wildman–Crippen LogP) is 8.99. The van der Waals surface area contributed by atoms with E-state index in [0.717, 1.165) is 16.8 Å². The molecule has 4 rings (SSSR count). The fourth-order valence-electron chi connectivity index (χ4n) is 4.36. The summed E-state index contributed by atoms with van der Waals surface area (Å²) in [6.45, 7) is 3.31. The first-order valence-corrected chi connectivity index (χ1v) is 17.3. The highest BCUT2D eigenvalue weighted by Gasteiger charge is 2.37. The summed E-state index contributed by atoms with van der Waals surface area (Å²) < 4.78 is 77.5. The van der Waals surface area contributed by atoms with Gasteiger partial charge in [0.15, 0.2) is 10.2 Å². The van der Waals surface area contributed by atoms with E-state index < -0.39 is 41.2 Å². The molecule has 2 amide bonds. The number of hydrogen-bond acceptors (Lipinski definition) is 4. The van der Waals surface area contributed by atoms with Crippen molar-refractivity contribution in [3.8, 4) is 0 Å². The van der Waals surface area contributed by atoms with Crippen molar-refractivity contribution in [2.75, 3.05) is 10.6 Å². The van der Waals surface area contributed by atoms with E-state index in [4.69, 9.17) is 36.0 Å². The summed E-state index contributed by atoms with van der Waals surface area (Å²) in [6, 6.07) is 26.8. The highest BCUT2D eigenvalue weighted by Crippen LogP contribution is 2.37. The summed E-state index contributed by atoms with van der Waals surface area (Å²) >= 11 is 16.0. The molecule has 290 valence electrons. The Hall–Kier alpha value is -5.45. The van der Waals surface area contributed by atoms with Crippen LogP contribution in [0.1, 0.15) is 36.1 Å². The largest absolute Gasteiger partial charge is 0.416 e. The van der Waals surface area contributed by atoms with Gasteiger partial charge in [0.05, 0.1) is 23.5 Å². The van der Waals surface area contributed by atoms with E-state index in [2.05, 4.69) is 31.9 Å². The first kappa shape index (κ1) is 44.0. The summed E-state index contributed by atoms with van der Waals surface area (Å²) in [5.41, 5.74) is -0.866. The molecule has 8 nitrogen and oxygen atoms in total. The molecule has 0 aliphatic carbocycles. The molecule has 0 fully saturated rings. The van der Waals surface area contributed by atoms with Gasteiger partial charge in [-0.15, -0.1) is 0 Å². The maximum atomic E-state index is 12.9. The zero-order valence-electron chi connectivity index (χ0n) is 29.1. The second kappa shape index (κ2) is 20.9. The topological polar surface area (TPSA) is 106 Å². The van der Waals surface area contributed by atoms with Crippen LogP contribution < -0.4 is 31.9 Å². The van der Waals surface area contributed by atoms with Crippen molar-refractivity contribution in [1.82, 2.24) is 21.3 Å². The first-order chi connectivity index (χ1) is 25.9. The van der Waals surface area contributed by atoms with Crippen LogP contribution in [-0.2, 0) is 21.9 Å². The monoisotopic (exact) mass is 820 g/mol. The van der Waals surface area contributed by atoms with Crippen molar-refractivity contribution in [2.45, 2.75) is 38.5 Å². The quantitative estimate of drug-likeness (QED) is 0.0408. The van der Waals surface area contributed by atoms with Crippen LogP contribution in [0.2, 0.25) is 5.02 Å². The van der Waals surface area contributed by atoms with Crippen molar-refractivity contribution in [1.29, 1.82) is 0 Å². The lowest BCUT2D eigenvalue weighted by molar-refractivity contribution is -0.143. The van der Waals surface area contributed by atoms with Crippen LogP contribution in [0.15, 0.2) is 115 Å². The highest BCUT2D eigenvalue weighted by molar-refractivity contribution is 7.80. The molecule has 0 bridgehead atoms. The normalized spacial score (nSPS) is 12.5. The maximum absolute atomic E-state index is 12.9. The van der Waals surface area contributed by atoms with Crippen molar-refractivity contribution < 1.29 is 35.9 Å². The van der Waals surface area contributed by atoms with Crippen molar-refractivity contribution in [3.63, 3.8) is 0 Å². The molecule has 0 heterocycles. The van der Waals surface area contributed by atoms with E-state index in [1.165, 1.54) is 19.1 Å². The van der Waals surface area contributed by atoms with E-state index >= 15 is 0 Å². The van der Waals surface area contributed by atoms with E-state index in [1.54, 1.807) is 48.6 Å². The third-order valence-electron chi connectivity index (χ3n) is 6.81. The SMILES string of the molecule is CC(NC(=O)/C=C/c1ccccc1)NC(=S)Nc1cc(C(F)(F)F)cc(C(F)(F)F)c1.CC(NC(=O)/C=C/c1ccccc1)NC(=S)Nc1ccc(Cl)cc1. The molecule has 0 radical (unpaired) electrons. The van der Waals surface area contributed by atoms with Crippen LogP contribution in [0.25, 0.3) is 12.2 Å². The van der Waals surface area contributed by atoms with Gasteiger partial charge in [-0.05, 0) is 104 Å². The number of alkyl halides is 6. The number of nitrogens with one attached hydrogen (secondary N) is 6. The van der Waals surface area contributed by atoms with E-state index in [0.29, 0.717) is 22.3 Å². The number of benzene rings is 4. The van der Waals surface area contributed by atoms with Gasteiger partial charge in [0.25, 0.3) is 0 Å². The average Bonchev–Trinajstić information content (AvgIpc) is 3.11. The Morgan fingerprint density at radius 2 is 0.964 bits per heavy atom. The lowest BCUT2D eigenvalue weighted by atomic mass is 10.1. The third kappa shape index (κ3) is 17.1. The molecule has 6 N–H and O–H groups in total. The Morgan fingerprint density at radius 3 is 1.35 bits per heavy atom. The Morgan fingerprint density at radius 1 is 0.582 bits per heavy atom. The minimum Gasteiger partial charge on any atom is -0.343 e. The van der Waals surface area contributed by atoms with Crippen molar-refractivity contribution >= 4 is 81.6 Å². The smallest absolute Gasteiger partial charge is 0.343 e. The molecule has 0 saturated heterocycles.